The van der Waals surface area contributed by atoms with Crippen molar-refractivity contribution in [3.8, 4) is 5.75 Å². The molecular formula is C25H23O2P. The summed E-state index contributed by atoms with van der Waals surface area (Å²) in [5, 5.41) is 5.39. The molecule has 0 aromatic heterocycles. The summed E-state index contributed by atoms with van der Waals surface area (Å²) in [4.78, 5) is 0. The van der Waals surface area contributed by atoms with E-state index in [-0.39, 0.29) is 5.48 Å². The second-order valence-electron chi connectivity index (χ2n) is 6.38. The molecule has 0 spiro atoms. The SMILES string of the molecule is COc1ccc([P+](c2ccccc2)(c2ccccc2)c2ccccc2)cc1.[OH-]. The van der Waals surface area contributed by atoms with E-state index in [9.17, 15) is 0 Å². The number of hydrogen-bond donors (Lipinski definition) is 0. The van der Waals surface area contributed by atoms with Crippen LogP contribution in [0, 0.1) is 0 Å². The quantitative estimate of drug-likeness (QED) is 0.484. The maximum Gasteiger partial charge on any atom is 0.144 e. The van der Waals surface area contributed by atoms with E-state index in [2.05, 4.69) is 115 Å². The van der Waals surface area contributed by atoms with Crippen molar-refractivity contribution in [3.63, 3.8) is 0 Å². The van der Waals surface area contributed by atoms with Gasteiger partial charge in [0.25, 0.3) is 0 Å². The van der Waals surface area contributed by atoms with Crippen molar-refractivity contribution in [2.24, 2.45) is 0 Å². The van der Waals surface area contributed by atoms with Crippen LogP contribution in [-0.4, -0.2) is 12.6 Å². The third kappa shape index (κ3) is 3.45. The fourth-order valence-corrected chi connectivity index (χ4v) is 7.90. The van der Waals surface area contributed by atoms with Gasteiger partial charge < -0.3 is 10.2 Å². The monoisotopic (exact) mass is 386 g/mol. The molecule has 0 bridgehead atoms. The molecule has 140 valence electrons. The molecule has 4 aromatic rings. The van der Waals surface area contributed by atoms with E-state index >= 15 is 0 Å². The fourth-order valence-electron chi connectivity index (χ4n) is 3.66. The summed E-state index contributed by atoms with van der Waals surface area (Å²) >= 11 is 0. The van der Waals surface area contributed by atoms with E-state index in [4.69, 9.17) is 4.74 Å². The summed E-state index contributed by atoms with van der Waals surface area (Å²) < 4.78 is 5.41. The third-order valence-electron chi connectivity index (χ3n) is 4.89. The van der Waals surface area contributed by atoms with Gasteiger partial charge in [-0.2, -0.15) is 0 Å². The number of ether oxygens (including phenoxy) is 1. The van der Waals surface area contributed by atoms with Crippen molar-refractivity contribution < 1.29 is 10.2 Å². The normalized spacial score (nSPS) is 10.8. The first-order chi connectivity index (χ1) is 13.4. The van der Waals surface area contributed by atoms with Gasteiger partial charge in [-0.1, -0.05) is 54.6 Å². The van der Waals surface area contributed by atoms with Gasteiger partial charge >= 0.3 is 0 Å². The lowest BCUT2D eigenvalue weighted by molar-refractivity contribution is 0.415. The van der Waals surface area contributed by atoms with Crippen molar-refractivity contribution in [3.05, 3.63) is 115 Å². The molecule has 1 N–H and O–H groups in total. The highest BCUT2D eigenvalue weighted by molar-refractivity contribution is 8.01. The average molecular weight is 386 g/mol. The van der Waals surface area contributed by atoms with Gasteiger partial charge in [-0.15, -0.1) is 0 Å². The van der Waals surface area contributed by atoms with Gasteiger partial charge in [0.05, 0.1) is 7.11 Å². The highest BCUT2D eigenvalue weighted by Gasteiger charge is 2.47. The minimum Gasteiger partial charge on any atom is -0.870 e. The van der Waals surface area contributed by atoms with Crippen LogP contribution >= 0.6 is 7.26 Å². The lowest BCUT2D eigenvalue weighted by Crippen LogP contribution is -2.38. The molecule has 0 aliphatic heterocycles. The second kappa shape index (κ2) is 8.84. The van der Waals surface area contributed by atoms with E-state index < -0.39 is 7.26 Å². The van der Waals surface area contributed by atoms with Crippen molar-refractivity contribution in [1.29, 1.82) is 0 Å². The first kappa shape index (κ1) is 19.8. The van der Waals surface area contributed by atoms with Crippen LogP contribution in [0.15, 0.2) is 115 Å². The summed E-state index contributed by atoms with van der Waals surface area (Å²) in [5.41, 5.74) is 0. The highest BCUT2D eigenvalue weighted by Crippen LogP contribution is 2.54. The van der Waals surface area contributed by atoms with Gasteiger partial charge in [-0.3, -0.25) is 0 Å². The summed E-state index contributed by atoms with van der Waals surface area (Å²) in [6.07, 6.45) is 0. The van der Waals surface area contributed by atoms with Crippen LogP contribution in [0.4, 0.5) is 0 Å². The maximum absolute atomic E-state index is 5.41. The second-order valence-corrected chi connectivity index (χ2v) is 9.78. The minimum absolute atomic E-state index is 0. The molecule has 0 saturated heterocycles. The predicted molar refractivity (Wildman–Crippen MR) is 120 cm³/mol. The number of hydrogen-bond acceptors (Lipinski definition) is 2. The molecule has 0 saturated carbocycles. The van der Waals surface area contributed by atoms with Gasteiger partial charge in [0.2, 0.25) is 0 Å². The van der Waals surface area contributed by atoms with Gasteiger partial charge in [-0.25, -0.2) is 0 Å². The maximum atomic E-state index is 5.41. The van der Waals surface area contributed by atoms with Gasteiger partial charge in [-0.05, 0) is 60.7 Å². The summed E-state index contributed by atoms with van der Waals surface area (Å²) in [6, 6.07) is 41.2. The number of methoxy groups -OCH3 is 1. The Morgan fingerprint density at radius 2 is 0.786 bits per heavy atom. The summed E-state index contributed by atoms with van der Waals surface area (Å²) in [5.74, 6) is 0.881. The average Bonchev–Trinajstić information content (AvgIpc) is 2.77. The fraction of sp³-hybridized carbons (Fsp3) is 0.0400. The van der Waals surface area contributed by atoms with Crippen LogP contribution in [0.3, 0.4) is 0 Å². The molecule has 4 aromatic carbocycles. The molecule has 0 heterocycles. The van der Waals surface area contributed by atoms with Crippen molar-refractivity contribution in [2.75, 3.05) is 7.11 Å². The molecule has 0 amide bonds. The van der Waals surface area contributed by atoms with Crippen molar-refractivity contribution in [1.82, 2.24) is 0 Å². The Morgan fingerprint density at radius 3 is 1.11 bits per heavy atom. The largest absolute Gasteiger partial charge is 0.870 e. The lowest BCUT2D eigenvalue weighted by Gasteiger charge is -2.27. The Morgan fingerprint density at radius 1 is 0.464 bits per heavy atom. The van der Waals surface area contributed by atoms with Crippen LogP contribution in [0.1, 0.15) is 0 Å². The molecule has 0 aliphatic carbocycles. The molecular weight excluding hydrogens is 363 g/mol. The molecule has 28 heavy (non-hydrogen) atoms. The van der Waals surface area contributed by atoms with Crippen LogP contribution in [0.2, 0.25) is 0 Å². The van der Waals surface area contributed by atoms with E-state index in [1.807, 2.05) is 0 Å². The van der Waals surface area contributed by atoms with Gasteiger partial charge in [0.15, 0.2) is 0 Å². The highest BCUT2D eigenvalue weighted by atomic mass is 31.2. The smallest absolute Gasteiger partial charge is 0.144 e. The lowest BCUT2D eigenvalue weighted by atomic mass is 10.3. The zero-order valence-electron chi connectivity index (χ0n) is 15.8. The number of benzene rings is 4. The van der Waals surface area contributed by atoms with Gasteiger partial charge in [0, 0.05) is 0 Å². The first-order valence-corrected chi connectivity index (χ1v) is 10.8. The molecule has 0 atom stereocenters. The Balaban J connectivity index is 0.00000225. The van der Waals surface area contributed by atoms with Crippen LogP contribution in [-0.2, 0) is 0 Å². The van der Waals surface area contributed by atoms with E-state index in [1.165, 1.54) is 21.2 Å². The minimum atomic E-state index is -1.99. The molecule has 4 rings (SSSR count). The molecule has 3 heteroatoms. The van der Waals surface area contributed by atoms with Crippen molar-refractivity contribution >= 4 is 28.5 Å². The zero-order valence-corrected chi connectivity index (χ0v) is 16.7. The molecule has 0 aliphatic rings. The third-order valence-corrected chi connectivity index (χ3v) is 9.18. The van der Waals surface area contributed by atoms with Crippen LogP contribution in [0.5, 0.6) is 5.75 Å². The molecule has 0 unspecified atom stereocenters. The standard InChI is InChI=1S/C25H22OP.H2O/c1-26-21-17-19-25(20-18-21)27(22-11-5-2-6-12-22,23-13-7-3-8-14-23)24-15-9-4-10-16-24;/h2-20H,1H3;1H2/q+1;/p-1. The Labute approximate surface area is 167 Å². The summed E-state index contributed by atoms with van der Waals surface area (Å²) in [6.45, 7) is 0. The Kier molecular flexibility index (Phi) is 6.26. The molecule has 0 radical (unpaired) electrons. The van der Waals surface area contributed by atoms with E-state index in [0.29, 0.717) is 0 Å². The Hall–Kier alpha value is -2.93. The van der Waals surface area contributed by atoms with E-state index in [0.717, 1.165) is 5.75 Å². The summed E-state index contributed by atoms with van der Waals surface area (Å²) in [7, 11) is -0.280. The Bertz CT molecular complexity index is 888. The zero-order chi connectivity index (χ0) is 18.5. The van der Waals surface area contributed by atoms with E-state index in [1.54, 1.807) is 7.11 Å². The van der Waals surface area contributed by atoms with Crippen molar-refractivity contribution in [2.45, 2.75) is 0 Å². The van der Waals surface area contributed by atoms with Crippen LogP contribution in [0.25, 0.3) is 0 Å². The predicted octanol–water partition coefficient (Wildman–Crippen LogP) is 4.14. The van der Waals surface area contributed by atoms with Crippen LogP contribution < -0.4 is 26.0 Å². The molecule has 2 nitrogen and oxygen atoms in total. The topological polar surface area (TPSA) is 39.2 Å². The number of rotatable bonds is 5. The molecule has 0 fully saturated rings. The first-order valence-electron chi connectivity index (χ1n) is 9.06. The van der Waals surface area contributed by atoms with Gasteiger partial charge in [0.1, 0.15) is 34.2 Å².